The summed E-state index contributed by atoms with van der Waals surface area (Å²) in [6, 6.07) is 21.4. The summed E-state index contributed by atoms with van der Waals surface area (Å²) in [4.78, 5) is 4.47. The van der Waals surface area contributed by atoms with Crippen LogP contribution in [-0.4, -0.2) is 29.0 Å². The van der Waals surface area contributed by atoms with Crippen LogP contribution in [0.15, 0.2) is 78.6 Å². The molecule has 2 aliphatic rings. The van der Waals surface area contributed by atoms with E-state index in [0.717, 1.165) is 33.7 Å². The maximum atomic E-state index is 6.61. The average molecular weight is 473 g/mol. The summed E-state index contributed by atoms with van der Waals surface area (Å²) in [6.45, 7) is 0. The third kappa shape index (κ3) is 3.20. The van der Waals surface area contributed by atoms with Gasteiger partial charge in [0, 0.05) is 16.2 Å². The van der Waals surface area contributed by atoms with E-state index < -0.39 is 0 Å². The number of nitrogens with one attached hydrogen (secondary N) is 1. The Morgan fingerprint density at radius 2 is 1.76 bits per heavy atom. The van der Waals surface area contributed by atoms with Crippen molar-refractivity contribution in [1.82, 2.24) is 14.8 Å². The second kappa shape index (κ2) is 8.11. The minimum absolute atomic E-state index is 0.300. The highest BCUT2D eigenvalue weighted by atomic mass is 35.5. The second-order valence-corrected chi connectivity index (χ2v) is 8.49. The zero-order valence-electron chi connectivity index (χ0n) is 18.5. The highest BCUT2D eigenvalue weighted by molar-refractivity contribution is 6.30. The smallest absolute Gasteiger partial charge is 0.226 e. The molecule has 0 radical (unpaired) electrons. The fourth-order valence-electron chi connectivity index (χ4n) is 4.69. The van der Waals surface area contributed by atoms with Crippen LogP contribution in [0.1, 0.15) is 28.8 Å². The number of benzene rings is 3. The first kappa shape index (κ1) is 20.6. The molecule has 0 saturated heterocycles. The minimum Gasteiger partial charge on any atom is -0.493 e. The molecule has 1 N–H and O–H groups in total. The number of hydrogen-bond donors (Lipinski definition) is 1. The average Bonchev–Trinajstić information content (AvgIpc) is 3.35. The van der Waals surface area contributed by atoms with E-state index in [2.05, 4.69) is 27.5 Å². The van der Waals surface area contributed by atoms with Crippen LogP contribution < -0.4 is 19.5 Å². The Labute approximate surface area is 201 Å². The topological polar surface area (TPSA) is 70.4 Å². The van der Waals surface area contributed by atoms with Crippen molar-refractivity contribution >= 4 is 23.2 Å². The quantitative estimate of drug-likeness (QED) is 0.422. The van der Waals surface area contributed by atoms with Crippen molar-refractivity contribution in [2.24, 2.45) is 0 Å². The van der Waals surface area contributed by atoms with Crippen LogP contribution >= 0.6 is 11.6 Å². The predicted molar refractivity (Wildman–Crippen MR) is 130 cm³/mol. The van der Waals surface area contributed by atoms with E-state index >= 15 is 0 Å². The van der Waals surface area contributed by atoms with Gasteiger partial charge in [-0.05, 0) is 41.5 Å². The molecule has 0 spiro atoms. The van der Waals surface area contributed by atoms with Crippen molar-refractivity contribution in [3.63, 3.8) is 0 Å². The van der Waals surface area contributed by atoms with Crippen LogP contribution in [-0.2, 0) is 0 Å². The molecule has 7 nitrogen and oxygen atoms in total. The Balaban J connectivity index is 1.63. The summed E-state index contributed by atoms with van der Waals surface area (Å²) in [5, 5.41) is 8.68. The van der Waals surface area contributed by atoms with E-state index in [1.165, 1.54) is 0 Å². The summed E-state index contributed by atoms with van der Waals surface area (Å²) in [5.41, 5.74) is 4.80. The van der Waals surface area contributed by atoms with E-state index in [1.807, 2.05) is 59.3 Å². The SMILES string of the molecule is COc1ccc(C2C3=C(Nc4ncnn42)c2cc(Cl)ccc2OC3c2ccccc2)cc1OC. The number of fused-ring (bicyclic) bond motifs is 3. The molecule has 8 heteroatoms. The van der Waals surface area contributed by atoms with Gasteiger partial charge in [-0.3, -0.25) is 0 Å². The molecule has 2 atom stereocenters. The van der Waals surface area contributed by atoms with Gasteiger partial charge in [-0.15, -0.1) is 0 Å². The first-order valence-electron chi connectivity index (χ1n) is 10.8. The molecule has 3 aromatic carbocycles. The normalized spacial score (nSPS) is 18.2. The highest BCUT2D eigenvalue weighted by Gasteiger charge is 2.41. The maximum Gasteiger partial charge on any atom is 0.226 e. The number of rotatable bonds is 4. The Morgan fingerprint density at radius 3 is 2.56 bits per heavy atom. The third-order valence-electron chi connectivity index (χ3n) is 6.20. The van der Waals surface area contributed by atoms with Gasteiger partial charge in [-0.2, -0.15) is 10.1 Å². The summed E-state index contributed by atoms with van der Waals surface area (Å²) < 4.78 is 19.6. The number of ether oxygens (including phenoxy) is 3. The molecule has 0 saturated carbocycles. The fraction of sp³-hybridized carbons (Fsp3) is 0.154. The van der Waals surface area contributed by atoms with Gasteiger partial charge in [-0.1, -0.05) is 48.0 Å². The van der Waals surface area contributed by atoms with Gasteiger partial charge in [0.1, 0.15) is 24.2 Å². The van der Waals surface area contributed by atoms with E-state index in [0.29, 0.717) is 22.5 Å². The largest absolute Gasteiger partial charge is 0.493 e. The van der Waals surface area contributed by atoms with Gasteiger partial charge in [0.2, 0.25) is 5.95 Å². The lowest BCUT2D eigenvalue weighted by molar-refractivity contribution is 0.223. The van der Waals surface area contributed by atoms with Crippen molar-refractivity contribution < 1.29 is 14.2 Å². The molecule has 170 valence electrons. The van der Waals surface area contributed by atoms with Crippen molar-refractivity contribution in [3.05, 3.63) is 100 Å². The van der Waals surface area contributed by atoms with Gasteiger partial charge in [0.15, 0.2) is 11.5 Å². The van der Waals surface area contributed by atoms with Crippen molar-refractivity contribution in [1.29, 1.82) is 0 Å². The van der Waals surface area contributed by atoms with E-state index in [1.54, 1.807) is 20.5 Å². The molecule has 4 aromatic rings. The summed E-state index contributed by atoms with van der Waals surface area (Å²) >= 11 is 6.40. The van der Waals surface area contributed by atoms with Gasteiger partial charge in [0.25, 0.3) is 0 Å². The lowest BCUT2D eigenvalue weighted by Gasteiger charge is -2.39. The zero-order chi connectivity index (χ0) is 23.2. The Kier molecular flexibility index (Phi) is 4.92. The lowest BCUT2D eigenvalue weighted by Crippen LogP contribution is -2.32. The summed E-state index contributed by atoms with van der Waals surface area (Å²) in [7, 11) is 3.25. The molecule has 0 bridgehead atoms. The number of aromatic nitrogens is 3. The lowest BCUT2D eigenvalue weighted by atomic mass is 9.84. The molecular formula is C26H21ClN4O3. The Morgan fingerprint density at radius 1 is 0.941 bits per heavy atom. The van der Waals surface area contributed by atoms with Gasteiger partial charge in [-0.25, -0.2) is 4.68 Å². The van der Waals surface area contributed by atoms with E-state index in [-0.39, 0.29) is 12.1 Å². The summed E-state index contributed by atoms with van der Waals surface area (Å²) in [5.74, 6) is 2.69. The molecule has 2 unspecified atom stereocenters. The second-order valence-electron chi connectivity index (χ2n) is 8.05. The molecule has 0 amide bonds. The van der Waals surface area contributed by atoms with Crippen LogP contribution in [0.5, 0.6) is 17.2 Å². The van der Waals surface area contributed by atoms with Gasteiger partial charge >= 0.3 is 0 Å². The monoisotopic (exact) mass is 472 g/mol. The molecule has 34 heavy (non-hydrogen) atoms. The number of hydrogen-bond acceptors (Lipinski definition) is 6. The van der Waals surface area contributed by atoms with E-state index in [4.69, 9.17) is 25.8 Å². The first-order chi connectivity index (χ1) is 16.7. The Bertz CT molecular complexity index is 1420. The highest BCUT2D eigenvalue weighted by Crippen LogP contribution is 2.51. The molecule has 6 rings (SSSR count). The van der Waals surface area contributed by atoms with Crippen LogP contribution in [0, 0.1) is 0 Å². The molecule has 1 aromatic heterocycles. The standard InChI is InChI=1S/C26H21ClN4O3/c1-32-20-10-8-16(12-21(20)33-2)24-22-23(30-26-28-14-29-31(24)26)18-13-17(27)9-11-19(18)34-25(22)15-6-4-3-5-7-15/h3-14,24-25H,1-2H3,(H,28,29,30). The van der Waals surface area contributed by atoms with Crippen molar-refractivity contribution in [3.8, 4) is 17.2 Å². The minimum atomic E-state index is -0.354. The number of halogens is 1. The molecule has 2 aliphatic heterocycles. The molecular weight excluding hydrogens is 452 g/mol. The van der Waals surface area contributed by atoms with Crippen LogP contribution in [0.3, 0.4) is 0 Å². The number of methoxy groups -OCH3 is 2. The molecule has 3 heterocycles. The van der Waals surface area contributed by atoms with Crippen molar-refractivity contribution in [2.75, 3.05) is 19.5 Å². The van der Waals surface area contributed by atoms with Crippen LogP contribution in [0.25, 0.3) is 5.70 Å². The van der Waals surface area contributed by atoms with Crippen LogP contribution in [0.4, 0.5) is 5.95 Å². The summed E-state index contributed by atoms with van der Waals surface area (Å²) in [6.07, 6.45) is 1.19. The molecule has 0 fully saturated rings. The fourth-order valence-corrected chi connectivity index (χ4v) is 4.86. The first-order valence-corrected chi connectivity index (χ1v) is 11.2. The van der Waals surface area contributed by atoms with Gasteiger partial charge < -0.3 is 19.5 Å². The Hall–Kier alpha value is -3.97. The number of anilines is 1. The number of nitrogens with zero attached hydrogens (tertiary/aromatic N) is 3. The molecule has 0 aliphatic carbocycles. The third-order valence-corrected chi connectivity index (χ3v) is 6.44. The maximum absolute atomic E-state index is 6.61. The predicted octanol–water partition coefficient (Wildman–Crippen LogP) is 5.51. The van der Waals surface area contributed by atoms with Crippen molar-refractivity contribution in [2.45, 2.75) is 12.1 Å². The van der Waals surface area contributed by atoms with Gasteiger partial charge in [0.05, 0.1) is 19.9 Å². The van der Waals surface area contributed by atoms with E-state index in [9.17, 15) is 0 Å². The van der Waals surface area contributed by atoms with Crippen LogP contribution in [0.2, 0.25) is 5.02 Å². The zero-order valence-corrected chi connectivity index (χ0v) is 19.3.